The van der Waals surface area contributed by atoms with Crippen LogP contribution in [0.2, 0.25) is 0 Å². The minimum absolute atomic E-state index is 0.144. The molecule has 0 saturated carbocycles. The second-order valence-electron chi connectivity index (χ2n) is 3.99. The van der Waals surface area contributed by atoms with Crippen LogP contribution in [0.1, 0.15) is 19.4 Å². The Labute approximate surface area is 113 Å². The van der Waals surface area contributed by atoms with Crippen molar-refractivity contribution in [2.45, 2.75) is 26.4 Å². The minimum atomic E-state index is -0.144. The second-order valence-corrected chi connectivity index (χ2v) is 5.70. The molecule has 0 bridgehead atoms. The minimum Gasteiger partial charge on any atom is -0.296 e. The zero-order valence-corrected chi connectivity index (χ0v) is 12.7. The van der Waals surface area contributed by atoms with Gasteiger partial charge in [-0.3, -0.25) is 4.90 Å². The highest BCUT2D eigenvalue weighted by Gasteiger charge is 2.12. The van der Waals surface area contributed by atoms with Gasteiger partial charge in [-0.2, -0.15) is 0 Å². The number of hydrogen-bond acceptors (Lipinski definition) is 1. The second kappa shape index (κ2) is 6.72. The Hall–Kier alpha value is 0.0700. The van der Waals surface area contributed by atoms with Crippen LogP contribution in [-0.4, -0.2) is 22.8 Å². The lowest BCUT2D eigenvalue weighted by Crippen LogP contribution is -2.32. The molecule has 1 nitrogen and oxygen atoms in total. The number of benzene rings is 1. The third-order valence-electron chi connectivity index (χ3n) is 2.49. The van der Waals surface area contributed by atoms with Crippen molar-refractivity contribution in [3.05, 3.63) is 34.1 Å². The van der Waals surface area contributed by atoms with Crippen LogP contribution in [0.3, 0.4) is 0 Å². The molecule has 0 heterocycles. The van der Waals surface area contributed by atoms with Crippen molar-refractivity contribution in [1.82, 2.24) is 4.90 Å². The molecule has 0 aliphatic rings. The van der Waals surface area contributed by atoms with Gasteiger partial charge in [0.05, 0.1) is 0 Å². The van der Waals surface area contributed by atoms with Gasteiger partial charge in [-0.15, -0.1) is 0 Å². The summed E-state index contributed by atoms with van der Waals surface area (Å²) in [5, 5.41) is 0.906. The normalized spacial score (nSPS) is 11.4. The molecule has 16 heavy (non-hydrogen) atoms. The smallest absolute Gasteiger partial charge is 0.128 e. The Morgan fingerprint density at radius 2 is 2.06 bits per heavy atom. The highest BCUT2D eigenvalue weighted by atomic mass is 79.9. The van der Waals surface area contributed by atoms with E-state index in [0.29, 0.717) is 12.6 Å². The van der Waals surface area contributed by atoms with Crippen molar-refractivity contribution in [2.75, 3.05) is 11.9 Å². The number of rotatable bonds is 5. The fourth-order valence-corrected chi connectivity index (χ4v) is 2.29. The maximum absolute atomic E-state index is 13.6. The van der Waals surface area contributed by atoms with Crippen LogP contribution >= 0.6 is 31.9 Å². The van der Waals surface area contributed by atoms with Gasteiger partial charge in [-0.1, -0.05) is 37.9 Å². The van der Waals surface area contributed by atoms with E-state index in [0.717, 1.165) is 21.9 Å². The van der Waals surface area contributed by atoms with E-state index >= 15 is 0 Å². The van der Waals surface area contributed by atoms with E-state index in [4.69, 9.17) is 0 Å². The molecule has 4 heteroatoms. The predicted octanol–water partition coefficient (Wildman–Crippen LogP) is 4.19. The maximum atomic E-state index is 13.6. The molecule has 0 aliphatic carbocycles. The Morgan fingerprint density at radius 1 is 1.38 bits per heavy atom. The number of nitrogens with zero attached hydrogens (tertiary/aromatic N) is 1. The summed E-state index contributed by atoms with van der Waals surface area (Å²) in [6.07, 6.45) is 0. The van der Waals surface area contributed by atoms with Crippen LogP contribution in [0.15, 0.2) is 22.7 Å². The average Bonchev–Trinajstić information content (AvgIpc) is 2.20. The van der Waals surface area contributed by atoms with E-state index in [1.165, 1.54) is 6.07 Å². The summed E-state index contributed by atoms with van der Waals surface area (Å²) in [6, 6.07) is 5.65. The molecule has 0 unspecified atom stereocenters. The predicted molar refractivity (Wildman–Crippen MR) is 73.4 cm³/mol. The van der Waals surface area contributed by atoms with E-state index in [1.54, 1.807) is 0 Å². The number of alkyl halides is 1. The van der Waals surface area contributed by atoms with Gasteiger partial charge in [0, 0.05) is 34.5 Å². The highest BCUT2D eigenvalue weighted by Crippen LogP contribution is 2.17. The molecule has 1 rings (SSSR count). The first-order valence-corrected chi connectivity index (χ1v) is 7.20. The molecule has 0 saturated heterocycles. The quantitative estimate of drug-likeness (QED) is 0.718. The maximum Gasteiger partial charge on any atom is 0.128 e. The summed E-state index contributed by atoms with van der Waals surface area (Å²) < 4.78 is 14.4. The van der Waals surface area contributed by atoms with E-state index in [-0.39, 0.29) is 5.82 Å². The van der Waals surface area contributed by atoms with E-state index in [2.05, 4.69) is 50.6 Å². The molecule has 0 atom stereocenters. The Morgan fingerprint density at radius 3 is 2.56 bits per heavy atom. The highest BCUT2D eigenvalue weighted by molar-refractivity contribution is 9.10. The van der Waals surface area contributed by atoms with Gasteiger partial charge in [0.15, 0.2) is 0 Å². The molecule has 0 amide bonds. The third kappa shape index (κ3) is 4.15. The largest absolute Gasteiger partial charge is 0.296 e. The first-order valence-electron chi connectivity index (χ1n) is 5.28. The van der Waals surface area contributed by atoms with Gasteiger partial charge in [-0.25, -0.2) is 4.39 Å². The van der Waals surface area contributed by atoms with Crippen molar-refractivity contribution < 1.29 is 4.39 Å². The van der Waals surface area contributed by atoms with Gasteiger partial charge in [0.1, 0.15) is 5.82 Å². The lowest BCUT2D eigenvalue weighted by atomic mass is 10.2. The average molecular weight is 353 g/mol. The molecule has 0 N–H and O–H groups in total. The molecule has 0 spiro atoms. The summed E-state index contributed by atoms with van der Waals surface area (Å²) >= 11 is 6.68. The van der Waals surface area contributed by atoms with Gasteiger partial charge >= 0.3 is 0 Å². The van der Waals surface area contributed by atoms with Crippen LogP contribution in [0.5, 0.6) is 0 Å². The first kappa shape index (κ1) is 14.1. The third-order valence-corrected chi connectivity index (χ3v) is 3.34. The lowest BCUT2D eigenvalue weighted by molar-refractivity contribution is 0.224. The van der Waals surface area contributed by atoms with Crippen molar-refractivity contribution >= 4 is 31.9 Å². The van der Waals surface area contributed by atoms with Crippen LogP contribution in [0.4, 0.5) is 4.39 Å². The van der Waals surface area contributed by atoms with Gasteiger partial charge in [0.25, 0.3) is 0 Å². The molecule has 1 aromatic rings. The summed E-state index contributed by atoms with van der Waals surface area (Å²) in [4.78, 5) is 2.24. The molecule has 0 radical (unpaired) electrons. The van der Waals surface area contributed by atoms with Gasteiger partial charge in [-0.05, 0) is 26.0 Å². The monoisotopic (exact) mass is 351 g/mol. The Balaban J connectivity index is 2.77. The van der Waals surface area contributed by atoms with E-state index in [1.807, 2.05) is 12.1 Å². The summed E-state index contributed by atoms with van der Waals surface area (Å²) in [5.74, 6) is -0.144. The van der Waals surface area contributed by atoms with Crippen LogP contribution in [0, 0.1) is 5.82 Å². The van der Waals surface area contributed by atoms with Gasteiger partial charge < -0.3 is 0 Å². The van der Waals surface area contributed by atoms with Crippen molar-refractivity contribution in [1.29, 1.82) is 0 Å². The standard InChI is InChI=1S/C12H16Br2FN/c1-9(2)16(6-5-13)8-10-3-4-11(14)7-12(10)15/h3-4,7,9H,5-6,8H2,1-2H3. The summed E-state index contributed by atoms with van der Waals surface area (Å²) in [6.45, 7) is 5.83. The summed E-state index contributed by atoms with van der Waals surface area (Å²) in [5.41, 5.74) is 0.748. The number of halogens is 3. The molecule has 0 fully saturated rings. The molecular weight excluding hydrogens is 337 g/mol. The Bertz CT molecular complexity index is 342. The van der Waals surface area contributed by atoms with Crippen molar-refractivity contribution in [3.63, 3.8) is 0 Å². The number of hydrogen-bond donors (Lipinski definition) is 0. The van der Waals surface area contributed by atoms with E-state index in [9.17, 15) is 4.39 Å². The zero-order valence-electron chi connectivity index (χ0n) is 9.51. The zero-order chi connectivity index (χ0) is 12.1. The fraction of sp³-hybridized carbons (Fsp3) is 0.500. The molecular formula is C12H16Br2FN. The fourth-order valence-electron chi connectivity index (χ4n) is 1.50. The first-order chi connectivity index (χ1) is 7.54. The van der Waals surface area contributed by atoms with Gasteiger partial charge in [0.2, 0.25) is 0 Å². The van der Waals surface area contributed by atoms with Crippen LogP contribution < -0.4 is 0 Å². The molecule has 0 aromatic heterocycles. The lowest BCUT2D eigenvalue weighted by Gasteiger charge is -2.25. The Kier molecular flexibility index (Phi) is 5.94. The van der Waals surface area contributed by atoms with Crippen molar-refractivity contribution in [3.8, 4) is 0 Å². The topological polar surface area (TPSA) is 3.24 Å². The van der Waals surface area contributed by atoms with Crippen molar-refractivity contribution in [2.24, 2.45) is 0 Å². The molecule has 0 aliphatic heterocycles. The summed E-state index contributed by atoms with van der Waals surface area (Å²) in [7, 11) is 0. The van der Waals surface area contributed by atoms with Crippen LogP contribution in [0.25, 0.3) is 0 Å². The van der Waals surface area contributed by atoms with Crippen LogP contribution in [-0.2, 0) is 6.54 Å². The molecule has 1 aromatic carbocycles. The van der Waals surface area contributed by atoms with E-state index < -0.39 is 0 Å². The molecule has 90 valence electrons. The SMILES string of the molecule is CC(C)N(CCBr)Cc1ccc(Br)cc1F.